The predicted octanol–water partition coefficient (Wildman–Crippen LogP) is 3.53. The number of benzene rings is 2. The highest BCUT2D eigenvalue weighted by Gasteiger charge is 2.43. The second-order valence-electron chi connectivity index (χ2n) is 7.60. The second-order valence-corrected chi connectivity index (χ2v) is 7.60. The van der Waals surface area contributed by atoms with Crippen molar-refractivity contribution in [2.45, 2.75) is 18.4 Å². The van der Waals surface area contributed by atoms with Crippen molar-refractivity contribution >= 4 is 23.3 Å². The fraction of sp³-hybridized carbons (Fsp3) is 0.318. The lowest BCUT2D eigenvalue weighted by molar-refractivity contribution is -0.0400. The summed E-state index contributed by atoms with van der Waals surface area (Å²) in [5.41, 5.74) is 2.89. The van der Waals surface area contributed by atoms with E-state index in [9.17, 15) is 10.2 Å². The van der Waals surface area contributed by atoms with E-state index < -0.39 is 5.60 Å². The van der Waals surface area contributed by atoms with E-state index in [-0.39, 0.29) is 24.1 Å². The van der Waals surface area contributed by atoms with Crippen molar-refractivity contribution < 1.29 is 10.2 Å². The quantitative estimate of drug-likeness (QED) is 0.725. The van der Waals surface area contributed by atoms with Gasteiger partial charge in [0.25, 0.3) is 0 Å². The molecule has 0 aliphatic heterocycles. The Hall–Kier alpha value is -2.14. The van der Waals surface area contributed by atoms with Gasteiger partial charge in [-0.25, -0.2) is 0 Å². The first-order valence-electron chi connectivity index (χ1n) is 9.00. The molecule has 0 radical (unpaired) electrons. The molecule has 2 atom stereocenters. The molecule has 1 aliphatic rings. The molecule has 0 unspecified atom stereocenters. The van der Waals surface area contributed by atoms with E-state index in [1.165, 1.54) is 0 Å². The molecule has 1 aliphatic carbocycles. The third-order valence-corrected chi connectivity index (χ3v) is 5.40. The number of pyridine rings is 1. The highest BCUT2D eigenvalue weighted by molar-refractivity contribution is 5.85. The fourth-order valence-corrected chi connectivity index (χ4v) is 4.14. The molecule has 0 saturated carbocycles. The monoisotopic (exact) mass is 384 g/mol. The van der Waals surface area contributed by atoms with Crippen molar-refractivity contribution in [3.8, 4) is 5.75 Å². The first-order valence-corrected chi connectivity index (χ1v) is 9.00. The smallest absolute Gasteiger partial charge is 0.115 e. The van der Waals surface area contributed by atoms with E-state index in [2.05, 4.69) is 17.0 Å². The minimum Gasteiger partial charge on any atom is -0.508 e. The average molecular weight is 385 g/mol. The van der Waals surface area contributed by atoms with Crippen LogP contribution in [-0.4, -0.2) is 40.7 Å². The molecular formula is C22H25ClN2O2. The van der Waals surface area contributed by atoms with Crippen LogP contribution in [0, 0.1) is 5.92 Å². The van der Waals surface area contributed by atoms with E-state index in [1.807, 2.05) is 38.4 Å². The largest absolute Gasteiger partial charge is 0.508 e. The first kappa shape index (κ1) is 19.6. The van der Waals surface area contributed by atoms with Gasteiger partial charge in [0.2, 0.25) is 0 Å². The Bertz CT molecular complexity index is 960. The van der Waals surface area contributed by atoms with E-state index in [0.717, 1.165) is 34.3 Å². The van der Waals surface area contributed by atoms with Crippen LogP contribution in [0.25, 0.3) is 10.9 Å². The van der Waals surface area contributed by atoms with Gasteiger partial charge in [0, 0.05) is 30.0 Å². The van der Waals surface area contributed by atoms with Crippen LogP contribution in [0.1, 0.15) is 16.8 Å². The van der Waals surface area contributed by atoms with Crippen molar-refractivity contribution in [2.75, 3.05) is 20.6 Å². The molecule has 4 rings (SSSR count). The highest BCUT2D eigenvalue weighted by Crippen LogP contribution is 2.42. The van der Waals surface area contributed by atoms with Crippen LogP contribution in [0.4, 0.5) is 0 Å². The van der Waals surface area contributed by atoms with E-state index >= 15 is 0 Å². The number of aromatic nitrogens is 1. The van der Waals surface area contributed by atoms with Crippen LogP contribution >= 0.6 is 12.4 Å². The number of aliphatic hydroxyl groups is 1. The van der Waals surface area contributed by atoms with E-state index in [0.29, 0.717) is 12.8 Å². The molecule has 2 aromatic carbocycles. The fourth-order valence-electron chi connectivity index (χ4n) is 4.14. The molecular weight excluding hydrogens is 360 g/mol. The molecule has 1 heterocycles. The third kappa shape index (κ3) is 3.65. The maximum Gasteiger partial charge on any atom is 0.115 e. The summed E-state index contributed by atoms with van der Waals surface area (Å²) in [5, 5.41) is 22.8. The van der Waals surface area contributed by atoms with Gasteiger partial charge in [-0.15, -0.1) is 12.4 Å². The topological polar surface area (TPSA) is 56.6 Å². The number of hydrogen-bond acceptors (Lipinski definition) is 4. The van der Waals surface area contributed by atoms with Gasteiger partial charge in [-0.2, -0.15) is 0 Å². The number of aromatic hydroxyl groups is 1. The first-order chi connectivity index (χ1) is 12.5. The van der Waals surface area contributed by atoms with Crippen LogP contribution in [-0.2, 0) is 18.4 Å². The van der Waals surface area contributed by atoms with Crippen molar-refractivity contribution in [2.24, 2.45) is 5.92 Å². The molecule has 0 bridgehead atoms. The Kier molecular flexibility index (Phi) is 5.43. The summed E-state index contributed by atoms with van der Waals surface area (Å²) in [5.74, 6) is 0.183. The van der Waals surface area contributed by atoms with Gasteiger partial charge in [0.1, 0.15) is 5.75 Å². The minimum absolute atomic E-state index is 0. The van der Waals surface area contributed by atoms with Gasteiger partial charge in [-0.3, -0.25) is 4.98 Å². The summed E-state index contributed by atoms with van der Waals surface area (Å²) in [6, 6.07) is 17.3. The van der Waals surface area contributed by atoms with Crippen molar-refractivity contribution in [3.63, 3.8) is 0 Å². The lowest BCUT2D eigenvalue weighted by Gasteiger charge is -2.42. The van der Waals surface area contributed by atoms with Crippen LogP contribution in [0.15, 0.2) is 54.6 Å². The summed E-state index contributed by atoms with van der Waals surface area (Å²) in [6.45, 7) is 0.750. The molecule has 1 aromatic heterocycles. The Balaban J connectivity index is 0.00000210. The number of halogens is 1. The van der Waals surface area contributed by atoms with Gasteiger partial charge < -0.3 is 15.1 Å². The molecule has 0 fully saturated rings. The Morgan fingerprint density at radius 3 is 2.63 bits per heavy atom. The number of nitrogens with zero attached hydrogens (tertiary/aromatic N) is 2. The maximum atomic E-state index is 11.7. The van der Waals surface area contributed by atoms with Crippen LogP contribution in [0.3, 0.4) is 0 Å². The molecule has 0 amide bonds. The van der Waals surface area contributed by atoms with Crippen LogP contribution in [0.5, 0.6) is 5.75 Å². The van der Waals surface area contributed by atoms with Gasteiger partial charge >= 0.3 is 0 Å². The summed E-state index contributed by atoms with van der Waals surface area (Å²) in [6.07, 6.45) is 1.21. The SMILES string of the molecule is CN(C)C[C@H]1Cc2nc3ccccc3cc2C[C@@]1(O)c1cccc(O)c1.Cl. The van der Waals surface area contributed by atoms with Gasteiger partial charge in [0.05, 0.1) is 11.1 Å². The minimum atomic E-state index is -1.03. The second kappa shape index (κ2) is 7.47. The molecule has 0 saturated heterocycles. The third-order valence-electron chi connectivity index (χ3n) is 5.40. The normalized spacial score (nSPS) is 21.7. The Morgan fingerprint density at radius 2 is 1.89 bits per heavy atom. The average Bonchev–Trinajstić information content (AvgIpc) is 2.60. The Labute approximate surface area is 165 Å². The molecule has 4 nitrogen and oxygen atoms in total. The molecule has 142 valence electrons. The molecule has 27 heavy (non-hydrogen) atoms. The van der Waals surface area contributed by atoms with Gasteiger partial charge in [0.15, 0.2) is 0 Å². The summed E-state index contributed by atoms with van der Waals surface area (Å²) >= 11 is 0. The number of phenols is 1. The Morgan fingerprint density at radius 1 is 1.11 bits per heavy atom. The summed E-state index contributed by atoms with van der Waals surface area (Å²) in [4.78, 5) is 6.97. The van der Waals surface area contributed by atoms with Crippen molar-refractivity contribution in [3.05, 3.63) is 71.4 Å². The molecule has 0 spiro atoms. The van der Waals surface area contributed by atoms with Gasteiger partial charge in [-0.05, 0) is 55.9 Å². The number of para-hydroxylation sites is 1. The number of hydrogen-bond donors (Lipinski definition) is 2. The summed E-state index contributed by atoms with van der Waals surface area (Å²) in [7, 11) is 4.04. The zero-order valence-electron chi connectivity index (χ0n) is 15.6. The standard InChI is InChI=1S/C22H24N2O2.ClH/c1-24(2)14-18-12-21-16(10-15-6-3-4-9-20(15)23-21)13-22(18,26)17-7-5-8-19(25)11-17;/h3-11,18,25-26H,12-14H2,1-2H3;1H/t18-,22-;/m1./s1. The molecule has 5 heteroatoms. The van der Waals surface area contributed by atoms with E-state index in [1.54, 1.807) is 18.2 Å². The number of rotatable bonds is 3. The zero-order chi connectivity index (χ0) is 18.3. The number of phenolic OH excluding ortho intramolecular Hbond substituents is 1. The maximum absolute atomic E-state index is 11.7. The lowest BCUT2D eigenvalue weighted by atomic mass is 9.70. The number of fused-ring (bicyclic) bond motifs is 2. The highest BCUT2D eigenvalue weighted by atomic mass is 35.5. The van der Waals surface area contributed by atoms with Crippen LogP contribution < -0.4 is 0 Å². The van der Waals surface area contributed by atoms with Crippen LogP contribution in [0.2, 0.25) is 0 Å². The van der Waals surface area contributed by atoms with E-state index in [4.69, 9.17) is 4.98 Å². The van der Waals surface area contributed by atoms with Gasteiger partial charge in [-0.1, -0.05) is 30.3 Å². The predicted molar refractivity (Wildman–Crippen MR) is 110 cm³/mol. The summed E-state index contributed by atoms with van der Waals surface area (Å²) < 4.78 is 0. The zero-order valence-corrected chi connectivity index (χ0v) is 16.4. The van der Waals surface area contributed by atoms with Crippen molar-refractivity contribution in [1.29, 1.82) is 0 Å². The molecule has 2 N–H and O–H groups in total. The molecule has 3 aromatic rings. The van der Waals surface area contributed by atoms with Crippen molar-refractivity contribution in [1.82, 2.24) is 9.88 Å². The lowest BCUT2D eigenvalue weighted by Crippen LogP contribution is -2.46.